The third-order valence-corrected chi connectivity index (χ3v) is 3.86. The predicted molar refractivity (Wildman–Crippen MR) is 76.6 cm³/mol. The Labute approximate surface area is 120 Å². The van der Waals surface area contributed by atoms with Gasteiger partial charge in [0.15, 0.2) is 0 Å². The Morgan fingerprint density at radius 2 is 1.95 bits per heavy atom. The zero-order chi connectivity index (χ0) is 14.2. The maximum Gasteiger partial charge on any atom is 0.246 e. The second-order valence-electron chi connectivity index (χ2n) is 5.47. The number of carbonyl (C=O) groups excluding carboxylic acids is 1. The summed E-state index contributed by atoms with van der Waals surface area (Å²) >= 11 is 0. The number of nitrogens with one attached hydrogen (secondary N) is 1. The fourth-order valence-electron chi connectivity index (χ4n) is 2.69. The molecule has 110 valence electrons. The summed E-state index contributed by atoms with van der Waals surface area (Å²) in [5.41, 5.74) is 3.40. The van der Waals surface area contributed by atoms with E-state index in [2.05, 4.69) is 5.48 Å². The molecule has 0 saturated heterocycles. The molecule has 0 aromatic heterocycles. The van der Waals surface area contributed by atoms with Crippen molar-refractivity contribution < 1.29 is 14.7 Å². The lowest BCUT2D eigenvalue weighted by Crippen LogP contribution is -2.32. The molecule has 1 fully saturated rings. The monoisotopic (exact) mass is 277 g/mol. The average Bonchev–Trinajstić information content (AvgIpc) is 2.49. The lowest BCUT2D eigenvalue weighted by Gasteiger charge is -2.26. The summed E-state index contributed by atoms with van der Waals surface area (Å²) in [7, 11) is 0. The van der Waals surface area contributed by atoms with Crippen molar-refractivity contribution in [3.63, 3.8) is 0 Å². The van der Waals surface area contributed by atoms with Gasteiger partial charge in [-0.3, -0.25) is 9.63 Å². The van der Waals surface area contributed by atoms with Crippen LogP contribution in [0.2, 0.25) is 0 Å². The molecular weight excluding hydrogens is 254 g/mol. The van der Waals surface area contributed by atoms with Crippen molar-refractivity contribution in [3.05, 3.63) is 35.9 Å². The molecular formula is C16H23NO3. The van der Waals surface area contributed by atoms with Crippen LogP contribution in [0.15, 0.2) is 30.3 Å². The van der Waals surface area contributed by atoms with Gasteiger partial charge in [0, 0.05) is 0 Å². The minimum Gasteiger partial charge on any atom is -0.392 e. The number of aliphatic hydroxyl groups is 1. The van der Waals surface area contributed by atoms with E-state index in [1.165, 1.54) is 6.42 Å². The van der Waals surface area contributed by atoms with Crippen molar-refractivity contribution in [1.82, 2.24) is 5.48 Å². The van der Waals surface area contributed by atoms with Gasteiger partial charge in [-0.15, -0.1) is 0 Å². The third-order valence-electron chi connectivity index (χ3n) is 3.86. The van der Waals surface area contributed by atoms with E-state index >= 15 is 0 Å². The molecule has 1 atom stereocenters. The number of benzene rings is 1. The van der Waals surface area contributed by atoms with Crippen molar-refractivity contribution in [2.45, 2.75) is 51.2 Å². The van der Waals surface area contributed by atoms with Gasteiger partial charge in [0.25, 0.3) is 0 Å². The first-order valence-corrected chi connectivity index (χ1v) is 7.38. The smallest absolute Gasteiger partial charge is 0.246 e. The zero-order valence-electron chi connectivity index (χ0n) is 11.8. The largest absolute Gasteiger partial charge is 0.392 e. The van der Waals surface area contributed by atoms with Crippen LogP contribution in [0.1, 0.15) is 44.1 Å². The molecule has 0 bridgehead atoms. The van der Waals surface area contributed by atoms with E-state index in [1.807, 2.05) is 30.3 Å². The molecule has 20 heavy (non-hydrogen) atoms. The predicted octanol–water partition coefficient (Wildman–Crippen LogP) is 2.57. The van der Waals surface area contributed by atoms with Gasteiger partial charge in [-0.25, -0.2) is 5.48 Å². The number of aliphatic hydroxyl groups excluding tert-OH is 1. The van der Waals surface area contributed by atoms with Crippen LogP contribution in [0.5, 0.6) is 0 Å². The van der Waals surface area contributed by atoms with E-state index in [1.54, 1.807) is 0 Å². The summed E-state index contributed by atoms with van der Waals surface area (Å²) < 4.78 is 0. The number of rotatable bonds is 6. The number of carbonyl (C=O) groups is 1. The standard InChI is InChI=1S/C16H23NO3/c18-15(14-9-5-2-6-10-14)11-16(19)17-20-12-13-7-3-1-4-8-13/h1,3-4,7-8,14-15,18H,2,5-6,9-12H2,(H,17,19). The van der Waals surface area contributed by atoms with Crippen molar-refractivity contribution in [2.75, 3.05) is 0 Å². The zero-order valence-corrected chi connectivity index (χ0v) is 11.8. The van der Waals surface area contributed by atoms with Crippen LogP contribution < -0.4 is 5.48 Å². The molecule has 1 aliphatic rings. The van der Waals surface area contributed by atoms with Crippen molar-refractivity contribution in [2.24, 2.45) is 5.92 Å². The van der Waals surface area contributed by atoms with E-state index in [9.17, 15) is 9.90 Å². The molecule has 0 radical (unpaired) electrons. The molecule has 1 unspecified atom stereocenters. The van der Waals surface area contributed by atoms with E-state index < -0.39 is 6.10 Å². The average molecular weight is 277 g/mol. The summed E-state index contributed by atoms with van der Waals surface area (Å²) in [5.74, 6) is 0.0163. The second kappa shape index (κ2) is 8.02. The van der Waals surface area contributed by atoms with Gasteiger partial charge >= 0.3 is 0 Å². The van der Waals surface area contributed by atoms with Crippen molar-refractivity contribution in [3.8, 4) is 0 Å². The van der Waals surface area contributed by atoms with Gasteiger partial charge < -0.3 is 5.11 Å². The minimum atomic E-state index is -0.546. The van der Waals surface area contributed by atoms with Crippen LogP contribution in [0.4, 0.5) is 0 Å². The van der Waals surface area contributed by atoms with E-state index in [0.29, 0.717) is 6.61 Å². The first kappa shape index (κ1) is 15.0. The quantitative estimate of drug-likeness (QED) is 0.786. The molecule has 0 heterocycles. The van der Waals surface area contributed by atoms with Crippen molar-refractivity contribution >= 4 is 5.91 Å². The van der Waals surface area contributed by atoms with Crippen LogP contribution in [0.3, 0.4) is 0 Å². The molecule has 0 spiro atoms. The summed E-state index contributed by atoms with van der Waals surface area (Å²) in [6.45, 7) is 0.339. The highest BCUT2D eigenvalue weighted by atomic mass is 16.6. The number of hydroxylamine groups is 1. The molecule has 0 aliphatic heterocycles. The van der Waals surface area contributed by atoms with Crippen LogP contribution in [-0.4, -0.2) is 17.1 Å². The first-order chi connectivity index (χ1) is 9.75. The topological polar surface area (TPSA) is 58.6 Å². The Balaban J connectivity index is 1.64. The highest BCUT2D eigenvalue weighted by molar-refractivity contribution is 5.75. The third kappa shape index (κ3) is 4.94. The van der Waals surface area contributed by atoms with Gasteiger partial charge in [-0.05, 0) is 24.3 Å². The van der Waals surface area contributed by atoms with Gasteiger partial charge in [0.1, 0.15) is 0 Å². The summed E-state index contributed by atoms with van der Waals surface area (Å²) in [6.07, 6.45) is 5.20. The molecule has 2 rings (SSSR count). The highest BCUT2D eigenvalue weighted by Crippen LogP contribution is 2.27. The summed E-state index contributed by atoms with van der Waals surface area (Å²) in [5, 5.41) is 10.0. The van der Waals surface area contributed by atoms with E-state index in [-0.39, 0.29) is 18.2 Å². The molecule has 2 N–H and O–H groups in total. The molecule has 1 aromatic carbocycles. The van der Waals surface area contributed by atoms with Gasteiger partial charge in [0.05, 0.1) is 19.1 Å². The lowest BCUT2D eigenvalue weighted by atomic mass is 9.84. The van der Waals surface area contributed by atoms with Gasteiger partial charge in [-0.1, -0.05) is 49.6 Å². The number of hydrogen-bond acceptors (Lipinski definition) is 3. The van der Waals surface area contributed by atoms with Crippen LogP contribution in [0, 0.1) is 5.92 Å². The Morgan fingerprint density at radius 3 is 2.65 bits per heavy atom. The lowest BCUT2D eigenvalue weighted by molar-refractivity contribution is -0.137. The van der Waals surface area contributed by atoms with E-state index in [0.717, 1.165) is 31.2 Å². The Morgan fingerprint density at radius 1 is 1.25 bits per heavy atom. The van der Waals surface area contributed by atoms with E-state index in [4.69, 9.17) is 4.84 Å². The number of amides is 1. The molecule has 4 heteroatoms. The van der Waals surface area contributed by atoms with Crippen LogP contribution in [-0.2, 0) is 16.2 Å². The Kier molecular flexibility index (Phi) is 6.02. The fraction of sp³-hybridized carbons (Fsp3) is 0.562. The van der Waals surface area contributed by atoms with Crippen molar-refractivity contribution in [1.29, 1.82) is 0 Å². The molecule has 1 saturated carbocycles. The van der Waals surface area contributed by atoms with Gasteiger partial charge in [0.2, 0.25) is 5.91 Å². The molecule has 1 aromatic rings. The molecule has 4 nitrogen and oxygen atoms in total. The van der Waals surface area contributed by atoms with Crippen LogP contribution >= 0.6 is 0 Å². The fourth-order valence-corrected chi connectivity index (χ4v) is 2.69. The minimum absolute atomic E-state index is 0.124. The SMILES string of the molecule is O=C(CC(O)C1CCCCC1)NOCc1ccccc1. The summed E-state index contributed by atoms with van der Waals surface area (Å²) in [6, 6.07) is 9.65. The Hall–Kier alpha value is -1.39. The highest BCUT2D eigenvalue weighted by Gasteiger charge is 2.23. The maximum absolute atomic E-state index is 11.7. The molecule has 1 amide bonds. The normalized spacial score (nSPS) is 17.6. The Bertz CT molecular complexity index is 401. The molecule has 1 aliphatic carbocycles. The van der Waals surface area contributed by atoms with Gasteiger partial charge in [-0.2, -0.15) is 0 Å². The van der Waals surface area contributed by atoms with Crippen LogP contribution in [0.25, 0.3) is 0 Å². The summed E-state index contributed by atoms with van der Waals surface area (Å²) in [4.78, 5) is 16.8. The second-order valence-corrected chi connectivity index (χ2v) is 5.47. The first-order valence-electron chi connectivity index (χ1n) is 7.38. The maximum atomic E-state index is 11.7. The number of hydrogen-bond donors (Lipinski definition) is 2.